The van der Waals surface area contributed by atoms with E-state index in [-0.39, 0.29) is 5.91 Å². The molecule has 0 saturated carbocycles. The molecular formula is C16H25N3OS. The van der Waals surface area contributed by atoms with E-state index in [1.54, 1.807) is 0 Å². The summed E-state index contributed by atoms with van der Waals surface area (Å²) in [6.45, 7) is 8.92. The second-order valence-corrected chi connectivity index (χ2v) is 8.06. The molecule has 1 heterocycles. The van der Waals surface area contributed by atoms with Crippen LogP contribution in [0.5, 0.6) is 0 Å². The Morgan fingerprint density at radius 3 is 2.95 bits per heavy atom. The first kappa shape index (κ1) is 16.2. The molecule has 0 atom stereocenters. The minimum Gasteiger partial charge on any atom is -0.399 e. The average molecular weight is 307 g/mol. The van der Waals surface area contributed by atoms with Gasteiger partial charge in [0.25, 0.3) is 0 Å². The smallest absolute Gasteiger partial charge is 0.238 e. The van der Waals surface area contributed by atoms with Gasteiger partial charge in [-0.15, -0.1) is 0 Å². The van der Waals surface area contributed by atoms with E-state index in [0.29, 0.717) is 17.0 Å². The van der Waals surface area contributed by atoms with E-state index in [1.807, 2.05) is 36.9 Å². The molecule has 1 saturated heterocycles. The molecule has 0 bridgehead atoms. The Bertz CT molecular complexity index is 516. The number of nitrogen functional groups attached to an aromatic ring is 1. The quantitative estimate of drug-likeness (QED) is 0.843. The number of hydrogen-bond donors (Lipinski definition) is 2. The Morgan fingerprint density at radius 1 is 1.43 bits per heavy atom. The standard InChI is InChI=1S/C16H25N3OS/c1-12-4-5-13(17)10-14(12)18-15(20)11-19-7-6-16(2,3)21-9-8-19/h4-5,10H,6-9,11,17H2,1-3H3,(H,18,20). The van der Waals surface area contributed by atoms with Gasteiger partial charge < -0.3 is 11.1 Å². The number of nitrogens with two attached hydrogens (primary N) is 1. The van der Waals surface area contributed by atoms with Crippen molar-refractivity contribution in [2.24, 2.45) is 0 Å². The molecule has 5 heteroatoms. The van der Waals surface area contributed by atoms with Gasteiger partial charge in [-0.2, -0.15) is 11.8 Å². The largest absolute Gasteiger partial charge is 0.399 e. The van der Waals surface area contributed by atoms with Gasteiger partial charge in [-0.25, -0.2) is 0 Å². The minimum atomic E-state index is 0.0356. The highest BCUT2D eigenvalue weighted by Gasteiger charge is 2.24. The fourth-order valence-corrected chi connectivity index (χ4v) is 3.53. The zero-order valence-corrected chi connectivity index (χ0v) is 13.9. The van der Waals surface area contributed by atoms with Crippen LogP contribution in [0.25, 0.3) is 0 Å². The first-order chi connectivity index (χ1) is 9.85. The van der Waals surface area contributed by atoms with E-state index in [0.717, 1.165) is 36.5 Å². The maximum Gasteiger partial charge on any atom is 0.238 e. The van der Waals surface area contributed by atoms with Crippen LogP contribution >= 0.6 is 11.8 Å². The van der Waals surface area contributed by atoms with Gasteiger partial charge in [-0.3, -0.25) is 9.69 Å². The van der Waals surface area contributed by atoms with Gasteiger partial charge >= 0.3 is 0 Å². The molecule has 0 unspecified atom stereocenters. The van der Waals surface area contributed by atoms with Crippen LogP contribution in [0, 0.1) is 6.92 Å². The number of nitrogens with zero attached hydrogens (tertiary/aromatic N) is 1. The van der Waals surface area contributed by atoms with Gasteiger partial charge in [0, 0.05) is 35.0 Å². The maximum atomic E-state index is 12.2. The summed E-state index contributed by atoms with van der Waals surface area (Å²) in [6, 6.07) is 5.59. The van der Waals surface area contributed by atoms with Crippen molar-refractivity contribution in [2.45, 2.75) is 31.9 Å². The van der Waals surface area contributed by atoms with Crippen molar-refractivity contribution in [3.63, 3.8) is 0 Å². The van der Waals surface area contributed by atoms with Gasteiger partial charge in [-0.1, -0.05) is 19.9 Å². The van der Waals surface area contributed by atoms with Crippen molar-refractivity contribution in [3.8, 4) is 0 Å². The van der Waals surface area contributed by atoms with E-state index in [1.165, 1.54) is 0 Å². The summed E-state index contributed by atoms with van der Waals surface area (Å²) in [5.74, 6) is 1.12. The van der Waals surface area contributed by atoms with E-state index in [9.17, 15) is 4.79 Å². The number of carbonyl (C=O) groups is 1. The molecule has 116 valence electrons. The first-order valence-electron chi connectivity index (χ1n) is 7.38. The van der Waals surface area contributed by atoms with E-state index < -0.39 is 0 Å². The summed E-state index contributed by atoms with van der Waals surface area (Å²) in [4.78, 5) is 14.5. The number of aryl methyl sites for hydroxylation is 1. The highest BCUT2D eigenvalue weighted by molar-refractivity contribution is 8.00. The van der Waals surface area contributed by atoms with E-state index in [4.69, 9.17) is 5.73 Å². The van der Waals surface area contributed by atoms with Crippen molar-refractivity contribution in [3.05, 3.63) is 23.8 Å². The molecule has 2 rings (SSSR count). The second-order valence-electron chi connectivity index (χ2n) is 6.26. The van der Waals surface area contributed by atoms with Crippen molar-refractivity contribution < 1.29 is 4.79 Å². The minimum absolute atomic E-state index is 0.0356. The summed E-state index contributed by atoms with van der Waals surface area (Å²) in [6.07, 6.45) is 1.11. The van der Waals surface area contributed by atoms with Crippen molar-refractivity contribution in [2.75, 3.05) is 36.4 Å². The third-order valence-electron chi connectivity index (χ3n) is 3.83. The molecule has 1 aliphatic rings. The molecule has 21 heavy (non-hydrogen) atoms. The number of thioether (sulfide) groups is 1. The van der Waals surface area contributed by atoms with Crippen LogP contribution in [0.3, 0.4) is 0 Å². The number of rotatable bonds is 3. The topological polar surface area (TPSA) is 58.4 Å². The molecular weight excluding hydrogens is 282 g/mol. The monoisotopic (exact) mass is 307 g/mol. The lowest BCUT2D eigenvalue weighted by molar-refractivity contribution is -0.117. The fourth-order valence-electron chi connectivity index (χ4n) is 2.39. The van der Waals surface area contributed by atoms with Crippen molar-refractivity contribution in [1.82, 2.24) is 4.90 Å². The van der Waals surface area contributed by atoms with Crippen LogP contribution in [-0.2, 0) is 4.79 Å². The number of nitrogens with one attached hydrogen (secondary N) is 1. The molecule has 0 aliphatic carbocycles. The number of anilines is 2. The summed E-state index contributed by atoms with van der Waals surface area (Å²) in [7, 11) is 0. The predicted molar refractivity (Wildman–Crippen MR) is 91.8 cm³/mol. The van der Waals surface area contributed by atoms with Crippen LogP contribution in [-0.4, -0.2) is 40.9 Å². The van der Waals surface area contributed by atoms with Crippen molar-refractivity contribution in [1.29, 1.82) is 0 Å². The molecule has 1 aliphatic heterocycles. The number of hydrogen-bond acceptors (Lipinski definition) is 4. The molecule has 0 aromatic heterocycles. The third kappa shape index (κ3) is 4.93. The molecule has 1 amide bonds. The van der Waals surface area contributed by atoms with Crippen LogP contribution in [0.4, 0.5) is 11.4 Å². The highest BCUT2D eigenvalue weighted by atomic mass is 32.2. The lowest BCUT2D eigenvalue weighted by Gasteiger charge is -2.22. The molecule has 4 nitrogen and oxygen atoms in total. The van der Waals surface area contributed by atoms with Crippen LogP contribution in [0.1, 0.15) is 25.8 Å². The Labute approximate surface area is 131 Å². The summed E-state index contributed by atoms with van der Waals surface area (Å²) < 4.78 is 0.315. The van der Waals surface area contributed by atoms with Gasteiger partial charge in [0.2, 0.25) is 5.91 Å². The highest BCUT2D eigenvalue weighted by Crippen LogP contribution is 2.30. The first-order valence-corrected chi connectivity index (χ1v) is 8.37. The molecule has 3 N–H and O–H groups in total. The van der Waals surface area contributed by atoms with E-state index >= 15 is 0 Å². The Kier molecular flexibility index (Phi) is 5.17. The lowest BCUT2D eigenvalue weighted by Crippen LogP contribution is -2.35. The normalized spacial score (nSPS) is 19.0. The van der Waals surface area contributed by atoms with Gasteiger partial charge in [0.15, 0.2) is 0 Å². The number of benzene rings is 1. The Morgan fingerprint density at radius 2 is 2.19 bits per heavy atom. The van der Waals surface area contributed by atoms with Crippen LogP contribution < -0.4 is 11.1 Å². The van der Waals surface area contributed by atoms with E-state index in [2.05, 4.69) is 24.1 Å². The molecule has 0 radical (unpaired) electrons. The number of amides is 1. The average Bonchev–Trinajstić information content (AvgIpc) is 2.55. The fraction of sp³-hybridized carbons (Fsp3) is 0.562. The third-order valence-corrected chi connectivity index (χ3v) is 5.21. The summed E-state index contributed by atoms with van der Waals surface area (Å²) in [5.41, 5.74) is 8.29. The zero-order valence-electron chi connectivity index (χ0n) is 13.1. The molecule has 0 spiro atoms. The second kappa shape index (κ2) is 6.71. The van der Waals surface area contributed by atoms with Gasteiger partial charge in [0.05, 0.1) is 6.54 Å². The SMILES string of the molecule is Cc1ccc(N)cc1NC(=O)CN1CCSC(C)(C)CC1. The summed E-state index contributed by atoms with van der Waals surface area (Å²) in [5, 5.41) is 2.97. The number of carbonyl (C=O) groups excluding carboxylic acids is 1. The van der Waals surface area contributed by atoms with Gasteiger partial charge in [-0.05, 0) is 31.0 Å². The summed E-state index contributed by atoms with van der Waals surface area (Å²) >= 11 is 1.99. The van der Waals surface area contributed by atoms with Crippen LogP contribution in [0.2, 0.25) is 0 Å². The lowest BCUT2D eigenvalue weighted by atomic mass is 10.1. The van der Waals surface area contributed by atoms with Crippen molar-refractivity contribution >= 4 is 29.0 Å². The zero-order chi connectivity index (χ0) is 15.5. The van der Waals surface area contributed by atoms with Crippen LogP contribution in [0.15, 0.2) is 18.2 Å². The Hall–Kier alpha value is -1.20. The molecule has 1 aromatic rings. The maximum absolute atomic E-state index is 12.2. The predicted octanol–water partition coefficient (Wildman–Crippen LogP) is 2.73. The van der Waals surface area contributed by atoms with Gasteiger partial charge in [0.1, 0.15) is 0 Å². The molecule has 1 aromatic carbocycles. The Balaban J connectivity index is 1.91. The molecule has 1 fully saturated rings.